The summed E-state index contributed by atoms with van der Waals surface area (Å²) in [5.74, 6) is 0. The first-order valence-corrected chi connectivity index (χ1v) is 5.87. The molecule has 3 heteroatoms. The molecule has 0 aliphatic heterocycles. The number of anilines is 1. The van der Waals surface area contributed by atoms with Gasteiger partial charge in [0.15, 0.2) is 0 Å². The first kappa shape index (κ1) is 11.7. The maximum absolute atomic E-state index is 4.27. The smallest absolute Gasteiger partial charge is 0.0603 e. The van der Waals surface area contributed by atoms with Crippen molar-refractivity contribution in [3.8, 4) is 0 Å². The number of aryl methyl sites for hydroxylation is 2. The van der Waals surface area contributed by atoms with Crippen LogP contribution in [0.2, 0.25) is 0 Å². The predicted molar refractivity (Wildman–Crippen MR) is 71.2 cm³/mol. The molecule has 90 valence electrons. The van der Waals surface area contributed by atoms with Crippen molar-refractivity contribution in [2.45, 2.75) is 27.3 Å². The molecule has 0 saturated heterocycles. The molecule has 17 heavy (non-hydrogen) atoms. The summed E-state index contributed by atoms with van der Waals surface area (Å²) in [5.41, 5.74) is 6.10. The Morgan fingerprint density at radius 2 is 2.06 bits per heavy atom. The van der Waals surface area contributed by atoms with Crippen molar-refractivity contribution in [1.29, 1.82) is 0 Å². The number of rotatable bonds is 3. The molecule has 0 fully saturated rings. The van der Waals surface area contributed by atoms with Crippen molar-refractivity contribution in [2.24, 2.45) is 7.05 Å². The lowest BCUT2D eigenvalue weighted by atomic mass is 10.2. The van der Waals surface area contributed by atoms with Gasteiger partial charge >= 0.3 is 0 Å². The van der Waals surface area contributed by atoms with Gasteiger partial charge in [-0.1, -0.05) is 0 Å². The molecule has 0 radical (unpaired) electrons. The van der Waals surface area contributed by atoms with Crippen molar-refractivity contribution in [2.75, 3.05) is 5.32 Å². The van der Waals surface area contributed by atoms with Crippen molar-refractivity contribution in [3.63, 3.8) is 0 Å². The maximum Gasteiger partial charge on any atom is 0.0603 e. The number of pyridine rings is 1. The van der Waals surface area contributed by atoms with E-state index in [1.807, 2.05) is 19.2 Å². The normalized spacial score (nSPS) is 10.6. The molecular formula is C14H19N3. The Labute approximate surface area is 103 Å². The third kappa shape index (κ3) is 2.33. The van der Waals surface area contributed by atoms with Gasteiger partial charge in [-0.3, -0.25) is 4.98 Å². The molecule has 2 rings (SSSR count). The Balaban J connectivity index is 2.13. The summed E-state index contributed by atoms with van der Waals surface area (Å²) in [6.45, 7) is 7.15. The van der Waals surface area contributed by atoms with Crippen LogP contribution in [0.3, 0.4) is 0 Å². The van der Waals surface area contributed by atoms with Crippen molar-refractivity contribution >= 4 is 5.69 Å². The summed E-state index contributed by atoms with van der Waals surface area (Å²) in [7, 11) is 2.10. The van der Waals surface area contributed by atoms with Crippen LogP contribution < -0.4 is 5.32 Å². The van der Waals surface area contributed by atoms with Gasteiger partial charge in [0, 0.05) is 31.2 Å². The van der Waals surface area contributed by atoms with Gasteiger partial charge in [-0.15, -0.1) is 0 Å². The first-order valence-electron chi connectivity index (χ1n) is 5.87. The van der Waals surface area contributed by atoms with Crippen LogP contribution in [0.4, 0.5) is 5.69 Å². The molecular weight excluding hydrogens is 210 g/mol. The molecule has 0 saturated carbocycles. The Morgan fingerprint density at radius 3 is 2.65 bits per heavy atom. The van der Waals surface area contributed by atoms with Crippen molar-refractivity contribution in [3.05, 3.63) is 47.0 Å². The highest BCUT2D eigenvalue weighted by Crippen LogP contribution is 2.16. The van der Waals surface area contributed by atoms with E-state index in [9.17, 15) is 0 Å². The summed E-state index contributed by atoms with van der Waals surface area (Å²) in [6.07, 6.45) is 1.82. The molecule has 0 atom stereocenters. The summed E-state index contributed by atoms with van der Waals surface area (Å²) in [6, 6.07) is 6.25. The molecule has 1 N–H and O–H groups in total. The third-order valence-electron chi connectivity index (χ3n) is 3.36. The van der Waals surface area contributed by atoms with Crippen LogP contribution in [-0.2, 0) is 13.6 Å². The Kier molecular flexibility index (Phi) is 3.18. The largest absolute Gasteiger partial charge is 0.379 e. The Bertz CT molecular complexity index is 526. The number of hydrogen-bond donors (Lipinski definition) is 1. The molecule has 0 spiro atoms. The van der Waals surface area contributed by atoms with Crippen LogP contribution in [0.25, 0.3) is 0 Å². The average molecular weight is 229 g/mol. The monoisotopic (exact) mass is 229 g/mol. The van der Waals surface area contributed by atoms with Crippen LogP contribution in [0.15, 0.2) is 24.4 Å². The van der Waals surface area contributed by atoms with Gasteiger partial charge in [0.25, 0.3) is 0 Å². The SMILES string of the molecule is Cc1ncccc1NCc1cc(C)n(C)c1C. The third-order valence-corrected chi connectivity index (χ3v) is 3.36. The highest BCUT2D eigenvalue weighted by molar-refractivity contribution is 5.47. The van der Waals surface area contributed by atoms with E-state index in [1.54, 1.807) is 0 Å². The van der Waals surface area contributed by atoms with E-state index < -0.39 is 0 Å². The highest BCUT2D eigenvalue weighted by atomic mass is 15.0. The van der Waals surface area contributed by atoms with Crippen LogP contribution >= 0.6 is 0 Å². The lowest BCUT2D eigenvalue weighted by Crippen LogP contribution is -2.03. The lowest BCUT2D eigenvalue weighted by Gasteiger charge is -2.08. The summed E-state index contributed by atoms with van der Waals surface area (Å²) < 4.78 is 2.22. The van der Waals surface area contributed by atoms with E-state index in [-0.39, 0.29) is 0 Å². The highest BCUT2D eigenvalue weighted by Gasteiger charge is 2.06. The second-order valence-corrected chi connectivity index (χ2v) is 4.45. The van der Waals surface area contributed by atoms with Crippen molar-refractivity contribution < 1.29 is 0 Å². The number of aromatic nitrogens is 2. The van der Waals surface area contributed by atoms with E-state index in [1.165, 1.54) is 17.0 Å². The van der Waals surface area contributed by atoms with E-state index in [0.29, 0.717) is 0 Å². The van der Waals surface area contributed by atoms with Gasteiger partial charge in [0.2, 0.25) is 0 Å². The Hall–Kier alpha value is -1.77. The van der Waals surface area contributed by atoms with Gasteiger partial charge in [-0.25, -0.2) is 0 Å². The van der Waals surface area contributed by atoms with E-state index in [2.05, 4.69) is 47.9 Å². The van der Waals surface area contributed by atoms with Crippen LogP contribution in [0, 0.1) is 20.8 Å². The van der Waals surface area contributed by atoms with E-state index >= 15 is 0 Å². The number of nitrogens with one attached hydrogen (secondary N) is 1. The van der Waals surface area contributed by atoms with E-state index in [4.69, 9.17) is 0 Å². The molecule has 2 aromatic heterocycles. The average Bonchev–Trinajstić information content (AvgIpc) is 2.56. The van der Waals surface area contributed by atoms with Crippen molar-refractivity contribution in [1.82, 2.24) is 9.55 Å². The fourth-order valence-corrected chi connectivity index (χ4v) is 1.97. The van der Waals surface area contributed by atoms with Crippen LogP contribution in [-0.4, -0.2) is 9.55 Å². The molecule has 2 aromatic rings. The van der Waals surface area contributed by atoms with Crippen LogP contribution in [0.5, 0.6) is 0 Å². The van der Waals surface area contributed by atoms with Gasteiger partial charge in [0.05, 0.1) is 11.4 Å². The molecule has 0 unspecified atom stereocenters. The minimum atomic E-state index is 0.847. The molecule has 0 aliphatic carbocycles. The zero-order valence-electron chi connectivity index (χ0n) is 10.9. The lowest BCUT2D eigenvalue weighted by molar-refractivity contribution is 0.836. The zero-order chi connectivity index (χ0) is 12.4. The molecule has 0 amide bonds. The molecule has 3 nitrogen and oxygen atoms in total. The molecule has 0 bridgehead atoms. The second-order valence-electron chi connectivity index (χ2n) is 4.45. The molecule has 0 aliphatic rings. The zero-order valence-corrected chi connectivity index (χ0v) is 10.9. The van der Waals surface area contributed by atoms with Gasteiger partial charge in [0.1, 0.15) is 0 Å². The maximum atomic E-state index is 4.27. The van der Waals surface area contributed by atoms with E-state index in [0.717, 1.165) is 17.9 Å². The minimum Gasteiger partial charge on any atom is -0.379 e. The van der Waals surface area contributed by atoms with Gasteiger partial charge in [-0.2, -0.15) is 0 Å². The quantitative estimate of drug-likeness (QED) is 0.877. The summed E-state index contributed by atoms with van der Waals surface area (Å²) in [5, 5.41) is 3.43. The summed E-state index contributed by atoms with van der Waals surface area (Å²) >= 11 is 0. The fraction of sp³-hybridized carbons (Fsp3) is 0.357. The predicted octanol–water partition coefficient (Wildman–Crippen LogP) is 2.96. The number of hydrogen-bond acceptors (Lipinski definition) is 2. The second kappa shape index (κ2) is 4.62. The topological polar surface area (TPSA) is 29.9 Å². The standard InChI is InChI=1S/C14H19N3/c1-10-8-13(12(3)17(10)4)9-16-14-6-5-7-15-11(14)2/h5-8,16H,9H2,1-4H3. The van der Waals surface area contributed by atoms with Gasteiger partial charge in [-0.05, 0) is 44.5 Å². The first-order chi connectivity index (χ1) is 8.09. The summed E-state index contributed by atoms with van der Waals surface area (Å²) in [4.78, 5) is 4.27. The fourth-order valence-electron chi connectivity index (χ4n) is 1.97. The minimum absolute atomic E-state index is 0.847. The number of nitrogens with zero attached hydrogens (tertiary/aromatic N) is 2. The molecule has 2 heterocycles. The Morgan fingerprint density at radius 1 is 1.29 bits per heavy atom. The van der Waals surface area contributed by atoms with Gasteiger partial charge < -0.3 is 9.88 Å². The van der Waals surface area contributed by atoms with Crippen LogP contribution in [0.1, 0.15) is 22.6 Å². The molecule has 0 aromatic carbocycles.